The number of ether oxygens (including phenoxy) is 2. The number of aromatic nitrogens is 3. The third kappa shape index (κ3) is 4.06. The van der Waals surface area contributed by atoms with Crippen LogP contribution in [0, 0.1) is 0 Å². The third-order valence-corrected chi connectivity index (χ3v) is 4.92. The van der Waals surface area contributed by atoms with E-state index in [1.165, 1.54) is 11.8 Å². The lowest BCUT2D eigenvalue weighted by Crippen LogP contribution is -2.23. The summed E-state index contributed by atoms with van der Waals surface area (Å²) in [6, 6.07) is 15.1. The summed E-state index contributed by atoms with van der Waals surface area (Å²) in [5.41, 5.74) is 1.59. The number of rotatable bonds is 5. The molecule has 0 aliphatic carbocycles. The summed E-state index contributed by atoms with van der Waals surface area (Å²) in [5, 5.41) is 7.50. The number of benzene rings is 2. The van der Waals surface area contributed by atoms with E-state index in [9.17, 15) is 4.79 Å². The summed E-state index contributed by atoms with van der Waals surface area (Å²) < 4.78 is 12.7. The first-order chi connectivity index (χ1) is 13.2. The van der Waals surface area contributed by atoms with Crippen LogP contribution in [0.2, 0.25) is 0 Å². The molecular weight excluding hydrogens is 364 g/mol. The van der Waals surface area contributed by atoms with Gasteiger partial charge in [0.2, 0.25) is 11.1 Å². The quantitative estimate of drug-likeness (QED) is 0.683. The predicted octanol–water partition coefficient (Wildman–Crippen LogP) is 3.16. The summed E-state index contributed by atoms with van der Waals surface area (Å²) in [6.07, 6.45) is 1.64. The molecule has 4 rings (SSSR count). The summed E-state index contributed by atoms with van der Waals surface area (Å²) in [5.74, 6) is 1.20. The minimum atomic E-state index is -0.357. The molecule has 1 aromatic heterocycles. The SMILES string of the molecule is CC(Sc1ncn(-c2ccccc2)n1)C(=O)Nc1ccc2c(c1)OCCO2. The number of hydrogen-bond acceptors (Lipinski definition) is 6. The molecule has 0 fully saturated rings. The van der Waals surface area contributed by atoms with Crippen molar-refractivity contribution in [1.29, 1.82) is 0 Å². The second-order valence-electron chi connectivity index (χ2n) is 5.92. The molecule has 0 spiro atoms. The highest BCUT2D eigenvalue weighted by molar-refractivity contribution is 8.00. The largest absolute Gasteiger partial charge is 0.486 e. The Hall–Kier alpha value is -3.00. The first-order valence-electron chi connectivity index (χ1n) is 8.53. The average molecular weight is 382 g/mol. The Balaban J connectivity index is 1.39. The Bertz CT molecular complexity index is 945. The number of fused-ring (bicyclic) bond motifs is 1. The van der Waals surface area contributed by atoms with Gasteiger partial charge in [0.05, 0.1) is 10.9 Å². The highest BCUT2D eigenvalue weighted by Gasteiger charge is 2.19. The zero-order chi connectivity index (χ0) is 18.6. The zero-order valence-electron chi connectivity index (χ0n) is 14.7. The molecule has 2 aromatic carbocycles. The number of hydrogen-bond donors (Lipinski definition) is 1. The smallest absolute Gasteiger partial charge is 0.237 e. The molecule has 0 bridgehead atoms. The van der Waals surface area contributed by atoms with Gasteiger partial charge in [-0.3, -0.25) is 4.79 Å². The van der Waals surface area contributed by atoms with Gasteiger partial charge in [-0.2, -0.15) is 0 Å². The van der Waals surface area contributed by atoms with Crippen LogP contribution in [-0.2, 0) is 4.79 Å². The van der Waals surface area contributed by atoms with Gasteiger partial charge >= 0.3 is 0 Å². The Morgan fingerprint density at radius 1 is 1.15 bits per heavy atom. The van der Waals surface area contributed by atoms with Gasteiger partial charge in [-0.15, -0.1) is 5.10 Å². The van der Waals surface area contributed by atoms with Crippen LogP contribution in [0.25, 0.3) is 5.69 Å². The summed E-state index contributed by atoms with van der Waals surface area (Å²) in [4.78, 5) is 16.8. The molecule has 1 aliphatic rings. The molecule has 8 heteroatoms. The standard InChI is InChI=1S/C19H18N4O3S/c1-13(27-19-20-12-23(22-19)15-5-3-2-4-6-15)18(24)21-14-7-8-16-17(11-14)26-10-9-25-16/h2-8,11-13H,9-10H2,1H3,(H,21,24). The van der Waals surface area contributed by atoms with Gasteiger partial charge in [0.15, 0.2) is 11.5 Å². The molecule has 0 radical (unpaired) electrons. The fraction of sp³-hybridized carbons (Fsp3) is 0.211. The van der Waals surface area contributed by atoms with E-state index in [0.29, 0.717) is 35.6 Å². The topological polar surface area (TPSA) is 78.3 Å². The Kier molecular flexibility index (Phi) is 4.97. The summed E-state index contributed by atoms with van der Waals surface area (Å²) in [7, 11) is 0. The fourth-order valence-corrected chi connectivity index (χ4v) is 3.31. The molecule has 7 nitrogen and oxygen atoms in total. The van der Waals surface area contributed by atoms with E-state index in [0.717, 1.165) is 5.69 Å². The minimum Gasteiger partial charge on any atom is -0.486 e. The first kappa shape index (κ1) is 17.4. The van der Waals surface area contributed by atoms with Crippen LogP contribution in [0.15, 0.2) is 60.0 Å². The highest BCUT2D eigenvalue weighted by Crippen LogP contribution is 2.33. The molecule has 1 N–H and O–H groups in total. The van der Waals surface area contributed by atoms with E-state index in [-0.39, 0.29) is 11.2 Å². The van der Waals surface area contributed by atoms with Gasteiger partial charge in [-0.1, -0.05) is 30.0 Å². The molecule has 0 saturated carbocycles. The second kappa shape index (κ2) is 7.71. The van der Waals surface area contributed by atoms with Gasteiger partial charge < -0.3 is 14.8 Å². The van der Waals surface area contributed by atoms with Crippen molar-refractivity contribution in [1.82, 2.24) is 14.8 Å². The van der Waals surface area contributed by atoms with E-state index in [1.807, 2.05) is 37.3 Å². The number of carbonyl (C=O) groups excluding carboxylic acids is 1. The normalized spacial score (nSPS) is 13.8. The van der Waals surface area contributed by atoms with E-state index < -0.39 is 0 Å². The number of para-hydroxylation sites is 1. The lowest BCUT2D eigenvalue weighted by molar-refractivity contribution is -0.115. The fourth-order valence-electron chi connectivity index (χ4n) is 2.58. The zero-order valence-corrected chi connectivity index (χ0v) is 15.5. The van der Waals surface area contributed by atoms with Crippen LogP contribution in [0.1, 0.15) is 6.92 Å². The van der Waals surface area contributed by atoms with Crippen molar-refractivity contribution >= 4 is 23.4 Å². The van der Waals surface area contributed by atoms with Gasteiger partial charge in [0, 0.05) is 11.8 Å². The van der Waals surface area contributed by atoms with Crippen molar-refractivity contribution in [2.75, 3.05) is 18.5 Å². The molecule has 0 saturated heterocycles. The maximum Gasteiger partial charge on any atom is 0.237 e. The van der Waals surface area contributed by atoms with E-state index in [4.69, 9.17) is 9.47 Å². The highest BCUT2D eigenvalue weighted by atomic mass is 32.2. The number of carbonyl (C=O) groups is 1. The Morgan fingerprint density at radius 2 is 1.93 bits per heavy atom. The Morgan fingerprint density at radius 3 is 2.74 bits per heavy atom. The molecule has 1 amide bonds. The molecule has 1 aliphatic heterocycles. The van der Waals surface area contributed by atoms with E-state index >= 15 is 0 Å². The van der Waals surface area contributed by atoms with Crippen LogP contribution in [0.5, 0.6) is 11.5 Å². The first-order valence-corrected chi connectivity index (χ1v) is 9.41. The minimum absolute atomic E-state index is 0.132. The summed E-state index contributed by atoms with van der Waals surface area (Å²) in [6.45, 7) is 2.86. The Labute approximate surface area is 160 Å². The predicted molar refractivity (Wildman–Crippen MR) is 103 cm³/mol. The molecule has 1 atom stereocenters. The van der Waals surface area contributed by atoms with Crippen molar-refractivity contribution in [3.63, 3.8) is 0 Å². The maximum atomic E-state index is 12.5. The number of nitrogens with one attached hydrogen (secondary N) is 1. The van der Waals surface area contributed by atoms with Crippen LogP contribution in [-0.4, -0.2) is 39.1 Å². The van der Waals surface area contributed by atoms with Crippen molar-refractivity contribution in [2.24, 2.45) is 0 Å². The van der Waals surface area contributed by atoms with Crippen molar-refractivity contribution in [3.8, 4) is 17.2 Å². The van der Waals surface area contributed by atoms with Gasteiger partial charge in [0.25, 0.3) is 0 Å². The molecule has 138 valence electrons. The number of amides is 1. The van der Waals surface area contributed by atoms with Crippen LogP contribution in [0.4, 0.5) is 5.69 Å². The van der Waals surface area contributed by atoms with Gasteiger partial charge in [-0.25, -0.2) is 9.67 Å². The third-order valence-electron chi connectivity index (χ3n) is 3.95. The lowest BCUT2D eigenvalue weighted by Gasteiger charge is -2.19. The van der Waals surface area contributed by atoms with Crippen LogP contribution >= 0.6 is 11.8 Å². The maximum absolute atomic E-state index is 12.5. The van der Waals surface area contributed by atoms with Gasteiger partial charge in [0.1, 0.15) is 19.5 Å². The van der Waals surface area contributed by atoms with Crippen molar-refractivity contribution in [3.05, 3.63) is 54.9 Å². The monoisotopic (exact) mass is 382 g/mol. The second-order valence-corrected chi connectivity index (χ2v) is 7.22. The molecule has 3 aromatic rings. The summed E-state index contributed by atoms with van der Waals surface area (Å²) >= 11 is 1.30. The average Bonchev–Trinajstić information content (AvgIpc) is 3.17. The van der Waals surface area contributed by atoms with E-state index in [2.05, 4.69) is 15.4 Å². The van der Waals surface area contributed by atoms with Crippen molar-refractivity contribution < 1.29 is 14.3 Å². The molecular formula is C19H18N4O3S. The molecule has 1 unspecified atom stereocenters. The van der Waals surface area contributed by atoms with Crippen LogP contribution in [0.3, 0.4) is 0 Å². The lowest BCUT2D eigenvalue weighted by atomic mass is 10.2. The number of nitrogens with zero attached hydrogens (tertiary/aromatic N) is 3. The molecule has 27 heavy (non-hydrogen) atoms. The molecule has 2 heterocycles. The van der Waals surface area contributed by atoms with Crippen LogP contribution < -0.4 is 14.8 Å². The number of anilines is 1. The van der Waals surface area contributed by atoms with Crippen molar-refractivity contribution in [2.45, 2.75) is 17.3 Å². The van der Waals surface area contributed by atoms with E-state index in [1.54, 1.807) is 29.2 Å². The van der Waals surface area contributed by atoms with Gasteiger partial charge in [-0.05, 0) is 31.2 Å². The number of thioether (sulfide) groups is 1.